The molecule has 1 heterocycles. The van der Waals surface area contributed by atoms with Crippen LogP contribution in [-0.2, 0) is 0 Å². The van der Waals surface area contributed by atoms with Crippen molar-refractivity contribution < 1.29 is 4.42 Å². The lowest BCUT2D eigenvalue weighted by molar-refractivity contribution is 0.669. The minimum Gasteiger partial charge on any atom is -0.456 e. The van der Waals surface area contributed by atoms with Gasteiger partial charge in [0.05, 0.1) is 5.02 Å². The van der Waals surface area contributed by atoms with Gasteiger partial charge >= 0.3 is 0 Å². The van der Waals surface area contributed by atoms with Crippen LogP contribution in [0.2, 0.25) is 5.02 Å². The van der Waals surface area contributed by atoms with Crippen molar-refractivity contribution in [1.29, 1.82) is 0 Å². The molecule has 30 heavy (non-hydrogen) atoms. The number of hydrogen-bond donors (Lipinski definition) is 0. The molecule has 0 radical (unpaired) electrons. The molecule has 0 aliphatic rings. The minimum absolute atomic E-state index is 0.732. The summed E-state index contributed by atoms with van der Waals surface area (Å²) in [5.41, 5.74) is 6.22. The second kappa shape index (κ2) is 6.76. The molecule has 0 saturated heterocycles. The predicted octanol–water partition coefficient (Wildman–Crippen LogP) is 8.73. The zero-order valence-corrected chi connectivity index (χ0v) is 16.9. The van der Waals surface area contributed by atoms with Crippen molar-refractivity contribution in [2.24, 2.45) is 0 Å². The van der Waals surface area contributed by atoms with Crippen molar-refractivity contribution in [2.75, 3.05) is 0 Å². The van der Waals surface area contributed by atoms with E-state index in [-0.39, 0.29) is 0 Å². The topological polar surface area (TPSA) is 13.1 Å². The Morgan fingerprint density at radius 2 is 1.17 bits per heavy atom. The Labute approximate surface area is 179 Å². The van der Waals surface area contributed by atoms with E-state index >= 15 is 0 Å². The van der Waals surface area contributed by atoms with Crippen LogP contribution in [0.15, 0.2) is 108 Å². The maximum atomic E-state index is 6.87. The second-order valence-corrected chi connectivity index (χ2v) is 7.88. The maximum Gasteiger partial charge on any atom is 0.136 e. The quantitative estimate of drug-likeness (QED) is 0.281. The Balaban J connectivity index is 1.48. The highest BCUT2D eigenvalue weighted by atomic mass is 35.5. The van der Waals surface area contributed by atoms with Gasteiger partial charge in [-0.1, -0.05) is 96.5 Å². The first-order valence-electron chi connectivity index (χ1n) is 9.98. The van der Waals surface area contributed by atoms with Gasteiger partial charge in [0, 0.05) is 16.3 Å². The summed E-state index contributed by atoms with van der Waals surface area (Å²) in [4.78, 5) is 0. The number of hydrogen-bond acceptors (Lipinski definition) is 1. The van der Waals surface area contributed by atoms with Crippen LogP contribution in [0.25, 0.3) is 55.0 Å². The zero-order valence-electron chi connectivity index (χ0n) is 16.1. The number of furan rings is 1. The van der Waals surface area contributed by atoms with Crippen molar-refractivity contribution >= 4 is 44.3 Å². The Morgan fingerprint density at radius 1 is 0.500 bits per heavy atom. The molecule has 0 atom stereocenters. The standard InChI is InChI=1S/C28H17ClO/c29-28-23(16-17-26-27(28)24-9-3-4-11-25(24)30-26)20-14-12-19(13-15-20)22-10-5-7-18-6-1-2-8-21(18)22/h1-17H. The molecule has 0 bridgehead atoms. The average molecular weight is 405 g/mol. The Hall–Kier alpha value is -3.55. The van der Waals surface area contributed by atoms with Gasteiger partial charge in [-0.2, -0.15) is 0 Å². The number of rotatable bonds is 2. The molecule has 1 aromatic heterocycles. The van der Waals surface area contributed by atoms with Crippen molar-refractivity contribution in [3.8, 4) is 22.3 Å². The van der Waals surface area contributed by atoms with Gasteiger partial charge in [0.25, 0.3) is 0 Å². The first-order chi connectivity index (χ1) is 14.8. The summed E-state index contributed by atoms with van der Waals surface area (Å²) in [7, 11) is 0. The lowest BCUT2D eigenvalue weighted by Crippen LogP contribution is -1.84. The largest absolute Gasteiger partial charge is 0.456 e. The normalized spacial score (nSPS) is 11.5. The maximum absolute atomic E-state index is 6.87. The van der Waals surface area contributed by atoms with Gasteiger partial charge < -0.3 is 4.42 Å². The van der Waals surface area contributed by atoms with Gasteiger partial charge in [0.2, 0.25) is 0 Å². The van der Waals surface area contributed by atoms with E-state index < -0.39 is 0 Å². The van der Waals surface area contributed by atoms with E-state index in [1.54, 1.807) is 0 Å². The summed E-state index contributed by atoms with van der Waals surface area (Å²) in [5.74, 6) is 0. The first-order valence-corrected chi connectivity index (χ1v) is 10.4. The summed E-state index contributed by atoms with van der Waals surface area (Å²) in [6.07, 6.45) is 0. The molecular formula is C28H17ClO. The van der Waals surface area contributed by atoms with Crippen LogP contribution in [0, 0.1) is 0 Å². The summed E-state index contributed by atoms with van der Waals surface area (Å²) in [6, 6.07) is 35.6. The number of para-hydroxylation sites is 1. The highest BCUT2D eigenvalue weighted by Gasteiger charge is 2.14. The molecule has 0 N–H and O–H groups in total. The molecule has 142 valence electrons. The third kappa shape index (κ3) is 2.63. The second-order valence-electron chi connectivity index (χ2n) is 7.50. The molecule has 0 saturated carbocycles. The highest BCUT2D eigenvalue weighted by Crippen LogP contribution is 2.40. The fourth-order valence-corrected chi connectivity index (χ4v) is 4.67. The zero-order chi connectivity index (χ0) is 20.1. The van der Waals surface area contributed by atoms with E-state index in [0.717, 1.165) is 38.1 Å². The van der Waals surface area contributed by atoms with Gasteiger partial charge in [-0.15, -0.1) is 0 Å². The molecule has 6 aromatic rings. The summed E-state index contributed by atoms with van der Waals surface area (Å²) in [6.45, 7) is 0. The first kappa shape index (κ1) is 17.3. The summed E-state index contributed by atoms with van der Waals surface area (Å²) in [5, 5.41) is 5.27. The molecular weight excluding hydrogens is 388 g/mol. The average Bonchev–Trinajstić information content (AvgIpc) is 3.19. The molecule has 0 fully saturated rings. The molecule has 0 aliphatic heterocycles. The van der Waals surface area contributed by atoms with Crippen molar-refractivity contribution in [1.82, 2.24) is 0 Å². The number of benzene rings is 5. The molecule has 0 spiro atoms. The van der Waals surface area contributed by atoms with Crippen molar-refractivity contribution in [3.63, 3.8) is 0 Å². The molecule has 2 heteroatoms. The van der Waals surface area contributed by atoms with Crippen LogP contribution in [0.4, 0.5) is 0 Å². The van der Waals surface area contributed by atoms with Crippen LogP contribution in [-0.4, -0.2) is 0 Å². The Bertz CT molecular complexity index is 1540. The molecule has 0 amide bonds. The highest BCUT2D eigenvalue weighted by molar-refractivity contribution is 6.40. The predicted molar refractivity (Wildman–Crippen MR) is 127 cm³/mol. The van der Waals surface area contributed by atoms with Gasteiger partial charge in [-0.3, -0.25) is 0 Å². The molecule has 0 aliphatic carbocycles. The van der Waals surface area contributed by atoms with Crippen LogP contribution in [0.1, 0.15) is 0 Å². The van der Waals surface area contributed by atoms with Crippen LogP contribution >= 0.6 is 11.6 Å². The van der Waals surface area contributed by atoms with Crippen molar-refractivity contribution in [3.05, 3.63) is 108 Å². The van der Waals surface area contributed by atoms with Gasteiger partial charge in [0.1, 0.15) is 11.2 Å². The smallest absolute Gasteiger partial charge is 0.136 e. The van der Waals surface area contributed by atoms with Crippen LogP contribution in [0.3, 0.4) is 0 Å². The van der Waals surface area contributed by atoms with E-state index in [4.69, 9.17) is 16.0 Å². The number of fused-ring (bicyclic) bond motifs is 4. The van der Waals surface area contributed by atoms with E-state index in [9.17, 15) is 0 Å². The van der Waals surface area contributed by atoms with Gasteiger partial charge in [-0.05, 0) is 45.7 Å². The van der Waals surface area contributed by atoms with E-state index in [2.05, 4.69) is 72.8 Å². The fourth-order valence-electron chi connectivity index (χ4n) is 4.30. The third-order valence-corrected chi connectivity index (χ3v) is 6.17. The van der Waals surface area contributed by atoms with E-state index in [1.807, 2.05) is 30.3 Å². The SMILES string of the molecule is Clc1c(-c2ccc(-c3cccc4ccccc34)cc2)ccc2oc3ccccc3c12. The van der Waals surface area contributed by atoms with Crippen LogP contribution < -0.4 is 0 Å². The minimum atomic E-state index is 0.732. The molecule has 5 aromatic carbocycles. The lowest BCUT2D eigenvalue weighted by Gasteiger charge is -2.09. The van der Waals surface area contributed by atoms with Gasteiger partial charge in [0.15, 0.2) is 0 Å². The summed E-state index contributed by atoms with van der Waals surface area (Å²) >= 11 is 6.87. The Morgan fingerprint density at radius 3 is 2.00 bits per heavy atom. The van der Waals surface area contributed by atoms with E-state index in [0.29, 0.717) is 0 Å². The van der Waals surface area contributed by atoms with Gasteiger partial charge in [-0.25, -0.2) is 0 Å². The monoisotopic (exact) mass is 404 g/mol. The summed E-state index contributed by atoms with van der Waals surface area (Å²) < 4.78 is 5.96. The number of halogens is 1. The van der Waals surface area contributed by atoms with Crippen molar-refractivity contribution in [2.45, 2.75) is 0 Å². The lowest BCUT2D eigenvalue weighted by atomic mass is 9.96. The third-order valence-electron chi connectivity index (χ3n) is 5.78. The Kier molecular flexibility index (Phi) is 3.90. The fraction of sp³-hybridized carbons (Fsp3) is 0. The molecule has 1 nitrogen and oxygen atoms in total. The molecule has 0 unspecified atom stereocenters. The van der Waals surface area contributed by atoms with Crippen LogP contribution in [0.5, 0.6) is 0 Å². The van der Waals surface area contributed by atoms with E-state index in [1.165, 1.54) is 21.9 Å². The molecule has 6 rings (SSSR count).